The number of nitrogens with two attached hydrogens (primary N) is 2. The van der Waals surface area contributed by atoms with Crippen LogP contribution in [0.2, 0.25) is 0 Å². The number of ether oxygens (including phenoxy) is 1. The molecule has 0 radical (unpaired) electrons. The van der Waals surface area contributed by atoms with Gasteiger partial charge >= 0.3 is 0 Å². The molecule has 48 valence electrons. The van der Waals surface area contributed by atoms with E-state index in [0.717, 1.165) is 0 Å². The van der Waals surface area contributed by atoms with Gasteiger partial charge in [0, 0.05) is 12.8 Å². The van der Waals surface area contributed by atoms with Gasteiger partial charge in [-0.05, 0) is 6.92 Å². The molecule has 0 heterocycles. The molecule has 0 atom stereocenters. The van der Waals surface area contributed by atoms with Gasteiger partial charge in [-0.2, -0.15) is 0 Å². The molecular formula is C5H12N2O. The Balaban J connectivity index is 3.12. The van der Waals surface area contributed by atoms with E-state index in [9.17, 15) is 0 Å². The molecule has 0 saturated carbocycles. The van der Waals surface area contributed by atoms with Crippen LogP contribution in [-0.4, -0.2) is 13.2 Å². The predicted octanol–water partition coefficient (Wildman–Crippen LogP) is -0.218. The fraction of sp³-hybridized carbons (Fsp3) is 0.600. The second kappa shape index (κ2) is 4.46. The van der Waals surface area contributed by atoms with E-state index in [4.69, 9.17) is 16.2 Å². The Labute approximate surface area is 49.3 Å². The zero-order valence-corrected chi connectivity index (χ0v) is 5.05. The van der Waals surface area contributed by atoms with Gasteiger partial charge in [0.25, 0.3) is 0 Å². The third-order valence-corrected chi connectivity index (χ3v) is 0.687. The first-order chi connectivity index (χ1) is 3.81. The Morgan fingerprint density at radius 1 is 1.75 bits per heavy atom. The summed E-state index contributed by atoms with van der Waals surface area (Å²) in [4.78, 5) is 0. The van der Waals surface area contributed by atoms with Crippen molar-refractivity contribution in [3.8, 4) is 0 Å². The fourth-order valence-electron chi connectivity index (χ4n) is 0.268. The van der Waals surface area contributed by atoms with Crippen LogP contribution >= 0.6 is 0 Å². The van der Waals surface area contributed by atoms with Crippen LogP contribution in [0.15, 0.2) is 11.9 Å². The summed E-state index contributed by atoms with van der Waals surface area (Å²) < 4.78 is 4.91. The quantitative estimate of drug-likeness (QED) is 0.536. The minimum atomic E-state index is 0.438. The molecule has 3 nitrogen and oxygen atoms in total. The molecule has 0 aliphatic rings. The zero-order valence-electron chi connectivity index (χ0n) is 5.05. The first-order valence-corrected chi connectivity index (χ1v) is 2.55. The van der Waals surface area contributed by atoms with Crippen LogP contribution in [0.3, 0.4) is 0 Å². The highest BCUT2D eigenvalue weighted by Gasteiger charge is 1.83. The molecule has 0 aromatic rings. The monoisotopic (exact) mass is 116 g/mol. The lowest BCUT2D eigenvalue weighted by molar-refractivity contribution is 0.170. The maximum atomic E-state index is 5.27. The second-order valence-electron chi connectivity index (χ2n) is 1.38. The van der Waals surface area contributed by atoms with Crippen LogP contribution in [0.5, 0.6) is 0 Å². The molecule has 0 aromatic heterocycles. The molecule has 0 amide bonds. The highest BCUT2D eigenvalue weighted by Crippen LogP contribution is 1.80. The lowest BCUT2D eigenvalue weighted by atomic mass is 10.5. The first kappa shape index (κ1) is 7.30. The third kappa shape index (κ3) is 3.49. The van der Waals surface area contributed by atoms with Gasteiger partial charge in [-0.1, -0.05) is 0 Å². The second-order valence-corrected chi connectivity index (χ2v) is 1.38. The summed E-state index contributed by atoms with van der Waals surface area (Å²) in [5.74, 6) is 0. The average molecular weight is 116 g/mol. The Bertz CT molecular complexity index is 80.5. The Morgan fingerprint density at radius 3 is 2.75 bits per heavy atom. The smallest absolute Gasteiger partial charge is 0.0874 e. The summed E-state index contributed by atoms with van der Waals surface area (Å²) in [7, 11) is 0. The molecule has 0 aliphatic carbocycles. The highest BCUT2D eigenvalue weighted by atomic mass is 16.5. The van der Waals surface area contributed by atoms with Crippen molar-refractivity contribution < 1.29 is 4.74 Å². The maximum absolute atomic E-state index is 5.27. The van der Waals surface area contributed by atoms with E-state index < -0.39 is 0 Å². The molecule has 4 N–H and O–H groups in total. The lowest BCUT2D eigenvalue weighted by Crippen LogP contribution is -2.08. The fourth-order valence-corrected chi connectivity index (χ4v) is 0.268. The van der Waals surface area contributed by atoms with Gasteiger partial charge in [0.15, 0.2) is 0 Å². The predicted molar refractivity (Wildman–Crippen MR) is 33.0 cm³/mol. The van der Waals surface area contributed by atoms with Gasteiger partial charge in [0.05, 0.1) is 12.3 Å². The number of rotatable bonds is 3. The molecule has 0 aromatic carbocycles. The largest absolute Gasteiger partial charge is 0.403 e. The summed E-state index contributed by atoms with van der Waals surface area (Å²) in [6, 6.07) is 0. The van der Waals surface area contributed by atoms with Crippen molar-refractivity contribution in [3.05, 3.63) is 11.9 Å². The maximum Gasteiger partial charge on any atom is 0.0874 e. The van der Waals surface area contributed by atoms with Gasteiger partial charge in [-0.15, -0.1) is 0 Å². The van der Waals surface area contributed by atoms with Crippen molar-refractivity contribution in [2.75, 3.05) is 13.2 Å². The van der Waals surface area contributed by atoms with Gasteiger partial charge < -0.3 is 16.2 Å². The molecule has 0 bridgehead atoms. The number of hydrogen-bond acceptors (Lipinski definition) is 3. The standard InChI is InChI=1S/C5H12N2O/c1-2-8-4-5(7)3-6/h3H,2,4,6-7H2,1H3/b5-3-. The van der Waals surface area contributed by atoms with E-state index in [1.807, 2.05) is 6.92 Å². The van der Waals surface area contributed by atoms with Gasteiger partial charge in [-0.25, -0.2) is 0 Å². The lowest BCUT2D eigenvalue weighted by Gasteiger charge is -1.97. The SMILES string of the molecule is CCOC/C(N)=C/N. The van der Waals surface area contributed by atoms with Crippen molar-refractivity contribution in [2.24, 2.45) is 11.5 Å². The molecule has 0 aliphatic heterocycles. The van der Waals surface area contributed by atoms with Crippen LogP contribution < -0.4 is 11.5 Å². The molecule has 0 fully saturated rings. The van der Waals surface area contributed by atoms with Crippen molar-refractivity contribution in [3.63, 3.8) is 0 Å². The van der Waals surface area contributed by atoms with E-state index in [2.05, 4.69) is 0 Å². The van der Waals surface area contributed by atoms with E-state index >= 15 is 0 Å². The minimum Gasteiger partial charge on any atom is -0.403 e. The molecule has 0 saturated heterocycles. The molecule has 8 heavy (non-hydrogen) atoms. The first-order valence-electron chi connectivity index (χ1n) is 2.55. The van der Waals surface area contributed by atoms with Crippen LogP contribution in [0.4, 0.5) is 0 Å². The topological polar surface area (TPSA) is 61.3 Å². The van der Waals surface area contributed by atoms with Crippen LogP contribution in [0.1, 0.15) is 6.92 Å². The molecule has 0 rings (SSSR count). The van der Waals surface area contributed by atoms with Crippen molar-refractivity contribution in [1.29, 1.82) is 0 Å². The van der Waals surface area contributed by atoms with Gasteiger partial charge in [0.1, 0.15) is 0 Å². The van der Waals surface area contributed by atoms with Crippen molar-refractivity contribution >= 4 is 0 Å². The third-order valence-electron chi connectivity index (χ3n) is 0.687. The van der Waals surface area contributed by atoms with Crippen LogP contribution in [0.25, 0.3) is 0 Å². The molecule has 3 heteroatoms. The Hall–Kier alpha value is -0.700. The summed E-state index contributed by atoms with van der Waals surface area (Å²) in [5, 5.41) is 0. The normalized spacial score (nSPS) is 11.9. The van der Waals surface area contributed by atoms with Crippen molar-refractivity contribution in [2.45, 2.75) is 6.92 Å². The molecule has 0 spiro atoms. The molecular weight excluding hydrogens is 104 g/mol. The highest BCUT2D eigenvalue weighted by molar-refractivity contribution is 4.92. The van der Waals surface area contributed by atoms with Gasteiger partial charge in [0.2, 0.25) is 0 Å². The summed E-state index contributed by atoms with van der Waals surface area (Å²) in [5.41, 5.74) is 10.9. The van der Waals surface area contributed by atoms with Crippen LogP contribution in [-0.2, 0) is 4.74 Å². The molecule has 0 unspecified atom stereocenters. The summed E-state index contributed by atoms with van der Waals surface area (Å²) >= 11 is 0. The minimum absolute atomic E-state index is 0.438. The average Bonchev–Trinajstić information content (AvgIpc) is 1.83. The van der Waals surface area contributed by atoms with Crippen LogP contribution in [0, 0.1) is 0 Å². The van der Waals surface area contributed by atoms with E-state index in [0.29, 0.717) is 18.9 Å². The zero-order chi connectivity index (χ0) is 6.41. The Kier molecular flexibility index (Phi) is 4.07. The van der Waals surface area contributed by atoms with E-state index in [-0.39, 0.29) is 0 Å². The Morgan fingerprint density at radius 2 is 2.38 bits per heavy atom. The van der Waals surface area contributed by atoms with E-state index in [1.54, 1.807) is 0 Å². The number of hydrogen-bond donors (Lipinski definition) is 2. The summed E-state index contributed by atoms with van der Waals surface area (Å²) in [6.07, 6.45) is 1.34. The van der Waals surface area contributed by atoms with Crippen molar-refractivity contribution in [1.82, 2.24) is 0 Å². The summed E-state index contributed by atoms with van der Waals surface area (Å²) in [6.45, 7) is 3.02. The van der Waals surface area contributed by atoms with E-state index in [1.165, 1.54) is 6.20 Å². The van der Waals surface area contributed by atoms with Gasteiger partial charge in [-0.3, -0.25) is 0 Å².